The van der Waals surface area contributed by atoms with Crippen molar-refractivity contribution in [1.82, 2.24) is 14.7 Å². The Bertz CT molecular complexity index is 831. The van der Waals surface area contributed by atoms with Gasteiger partial charge in [0.1, 0.15) is 5.82 Å². The minimum atomic E-state index is 0.0909. The molecule has 27 heavy (non-hydrogen) atoms. The van der Waals surface area contributed by atoms with Gasteiger partial charge in [0.05, 0.1) is 6.20 Å². The highest BCUT2D eigenvalue weighted by Crippen LogP contribution is 2.39. The summed E-state index contributed by atoms with van der Waals surface area (Å²) in [6.07, 6.45) is 5.01. The fraction of sp³-hybridized carbons (Fsp3) is 0.524. The molecule has 1 N–H and O–H groups in total. The molecule has 6 heteroatoms. The average molecular weight is 365 g/mol. The number of anilines is 2. The van der Waals surface area contributed by atoms with Crippen LogP contribution >= 0.6 is 0 Å². The molecule has 6 nitrogen and oxygen atoms in total. The van der Waals surface area contributed by atoms with E-state index in [1.165, 1.54) is 24.1 Å². The van der Waals surface area contributed by atoms with Crippen LogP contribution < -0.4 is 10.2 Å². The van der Waals surface area contributed by atoms with E-state index < -0.39 is 0 Å². The van der Waals surface area contributed by atoms with Crippen LogP contribution in [0.3, 0.4) is 0 Å². The van der Waals surface area contributed by atoms with E-state index in [2.05, 4.69) is 51.5 Å². The highest BCUT2D eigenvalue weighted by molar-refractivity contribution is 5.94. The van der Waals surface area contributed by atoms with Crippen molar-refractivity contribution in [3.8, 4) is 0 Å². The number of fused-ring (bicyclic) bond motifs is 1. The Hall–Kier alpha value is -2.34. The van der Waals surface area contributed by atoms with Gasteiger partial charge in [0.15, 0.2) is 0 Å². The van der Waals surface area contributed by atoms with Crippen LogP contribution in [0.25, 0.3) is 0 Å². The van der Waals surface area contributed by atoms with E-state index in [-0.39, 0.29) is 11.8 Å². The van der Waals surface area contributed by atoms with Gasteiger partial charge in [-0.15, -0.1) is 0 Å². The van der Waals surface area contributed by atoms with Crippen molar-refractivity contribution < 1.29 is 4.79 Å². The van der Waals surface area contributed by atoms with Gasteiger partial charge >= 0.3 is 0 Å². The maximum Gasteiger partial charge on any atom is 0.226 e. The van der Waals surface area contributed by atoms with Gasteiger partial charge in [-0.1, -0.05) is 12.1 Å². The predicted octanol–water partition coefficient (Wildman–Crippen LogP) is 2.52. The van der Waals surface area contributed by atoms with Crippen LogP contribution in [0.15, 0.2) is 30.5 Å². The molecule has 2 aromatic rings. The molecule has 3 heterocycles. The number of piperazine rings is 1. The Morgan fingerprint density at radius 1 is 1.11 bits per heavy atom. The lowest BCUT2D eigenvalue weighted by Crippen LogP contribution is -2.44. The van der Waals surface area contributed by atoms with E-state index in [0.29, 0.717) is 6.42 Å². The van der Waals surface area contributed by atoms with Gasteiger partial charge in [-0.05, 0) is 43.5 Å². The molecular weight excluding hydrogens is 338 g/mol. The number of nitrogens with one attached hydrogen (secondary N) is 1. The number of hydrogen-bond donors (Lipinski definition) is 1. The fourth-order valence-electron chi connectivity index (χ4n) is 4.23. The largest absolute Gasteiger partial charge is 0.369 e. The SMILES string of the molecule is CN1CCN(c2ccc(C3CC(=O)Nc4c3cnn4CC3CC3)cc2)CC1. The molecule has 1 amide bonds. The first-order valence-electron chi connectivity index (χ1n) is 10.1. The summed E-state index contributed by atoms with van der Waals surface area (Å²) in [6.45, 7) is 5.27. The standard InChI is InChI=1S/C21H27N5O/c1-24-8-10-25(11-9-24)17-6-4-16(5-7-17)18-12-20(27)23-21-19(18)13-22-26(21)14-15-2-3-15/h4-7,13,15,18H,2-3,8-12,14H2,1H3,(H,23,27). The van der Waals surface area contributed by atoms with Crippen LogP contribution in [-0.4, -0.2) is 53.8 Å². The third-order valence-electron chi connectivity index (χ3n) is 6.18. The highest BCUT2D eigenvalue weighted by Gasteiger charge is 2.32. The van der Waals surface area contributed by atoms with Gasteiger partial charge in [0.25, 0.3) is 0 Å². The van der Waals surface area contributed by atoms with Gasteiger partial charge in [0.2, 0.25) is 5.91 Å². The molecule has 1 saturated heterocycles. The number of aromatic nitrogens is 2. The molecule has 2 aliphatic heterocycles. The first kappa shape index (κ1) is 16.8. The number of nitrogens with zero attached hydrogens (tertiary/aromatic N) is 4. The van der Waals surface area contributed by atoms with Crippen LogP contribution in [0.5, 0.6) is 0 Å². The summed E-state index contributed by atoms with van der Waals surface area (Å²) in [7, 11) is 2.18. The van der Waals surface area contributed by atoms with Crippen LogP contribution in [0.2, 0.25) is 0 Å². The topological polar surface area (TPSA) is 53.4 Å². The third-order valence-corrected chi connectivity index (χ3v) is 6.18. The maximum absolute atomic E-state index is 12.3. The average Bonchev–Trinajstić information content (AvgIpc) is 3.42. The number of rotatable bonds is 4. The second-order valence-electron chi connectivity index (χ2n) is 8.26. The van der Waals surface area contributed by atoms with Crippen LogP contribution in [0.1, 0.15) is 36.3 Å². The molecule has 2 fully saturated rings. The van der Waals surface area contributed by atoms with Crippen molar-refractivity contribution in [2.45, 2.75) is 31.7 Å². The van der Waals surface area contributed by atoms with Crippen LogP contribution in [0.4, 0.5) is 11.5 Å². The van der Waals surface area contributed by atoms with E-state index in [4.69, 9.17) is 0 Å². The van der Waals surface area contributed by atoms with Crippen LogP contribution in [-0.2, 0) is 11.3 Å². The normalized spacial score (nSPS) is 23.2. The van der Waals surface area contributed by atoms with Crippen molar-refractivity contribution in [3.63, 3.8) is 0 Å². The summed E-state index contributed by atoms with van der Waals surface area (Å²) in [6, 6.07) is 8.81. The lowest BCUT2D eigenvalue weighted by atomic mass is 9.87. The smallest absolute Gasteiger partial charge is 0.226 e. The van der Waals surface area contributed by atoms with Crippen molar-refractivity contribution in [1.29, 1.82) is 0 Å². The number of amides is 1. The first-order chi connectivity index (χ1) is 13.2. The Morgan fingerprint density at radius 3 is 2.56 bits per heavy atom. The summed E-state index contributed by atoms with van der Waals surface area (Å²) in [4.78, 5) is 17.1. The molecule has 1 atom stereocenters. The molecular formula is C21H27N5O. The molecule has 0 radical (unpaired) electrons. The molecule has 1 aliphatic carbocycles. The van der Waals surface area contributed by atoms with Crippen molar-refractivity contribution in [2.75, 3.05) is 43.4 Å². The zero-order valence-electron chi connectivity index (χ0n) is 15.9. The number of carbonyl (C=O) groups is 1. The van der Waals surface area contributed by atoms with Gasteiger partial charge in [-0.2, -0.15) is 5.10 Å². The molecule has 1 unspecified atom stereocenters. The van der Waals surface area contributed by atoms with Crippen LogP contribution in [0, 0.1) is 5.92 Å². The van der Waals surface area contributed by atoms with E-state index in [9.17, 15) is 4.79 Å². The van der Waals surface area contributed by atoms with E-state index in [1.54, 1.807) is 0 Å². The molecule has 0 bridgehead atoms. The predicted molar refractivity (Wildman–Crippen MR) is 106 cm³/mol. The molecule has 1 aromatic carbocycles. The zero-order valence-corrected chi connectivity index (χ0v) is 15.9. The number of likely N-dealkylation sites (N-methyl/N-ethyl adjacent to an activating group) is 1. The van der Waals surface area contributed by atoms with Gasteiger partial charge < -0.3 is 15.1 Å². The second kappa shape index (κ2) is 6.68. The molecule has 3 aliphatic rings. The fourth-order valence-corrected chi connectivity index (χ4v) is 4.23. The maximum atomic E-state index is 12.3. The third kappa shape index (κ3) is 3.34. The summed E-state index contributed by atoms with van der Waals surface area (Å²) in [5, 5.41) is 7.63. The minimum Gasteiger partial charge on any atom is -0.369 e. The Labute approximate surface area is 160 Å². The molecule has 142 valence electrons. The van der Waals surface area contributed by atoms with Gasteiger partial charge in [-0.3, -0.25) is 4.79 Å². The number of hydrogen-bond acceptors (Lipinski definition) is 4. The summed E-state index contributed by atoms with van der Waals surface area (Å²) in [5.41, 5.74) is 3.63. The van der Waals surface area contributed by atoms with E-state index in [1.807, 2.05) is 10.9 Å². The number of carbonyl (C=O) groups excluding carboxylic acids is 1. The zero-order chi connectivity index (χ0) is 18.4. The quantitative estimate of drug-likeness (QED) is 0.905. The summed E-state index contributed by atoms with van der Waals surface area (Å²) >= 11 is 0. The van der Waals surface area contributed by atoms with Crippen molar-refractivity contribution >= 4 is 17.4 Å². The number of benzene rings is 1. The Morgan fingerprint density at radius 2 is 1.85 bits per heavy atom. The molecule has 5 rings (SSSR count). The van der Waals surface area contributed by atoms with Crippen molar-refractivity contribution in [3.05, 3.63) is 41.6 Å². The minimum absolute atomic E-state index is 0.0909. The molecule has 1 saturated carbocycles. The molecule has 1 aromatic heterocycles. The first-order valence-corrected chi connectivity index (χ1v) is 10.1. The second-order valence-corrected chi connectivity index (χ2v) is 8.26. The summed E-state index contributed by atoms with van der Waals surface area (Å²) < 4.78 is 2.00. The summed E-state index contributed by atoms with van der Waals surface area (Å²) in [5.74, 6) is 1.83. The van der Waals surface area contributed by atoms with Gasteiger partial charge in [0, 0.05) is 56.3 Å². The lowest BCUT2D eigenvalue weighted by Gasteiger charge is -2.34. The lowest BCUT2D eigenvalue weighted by molar-refractivity contribution is -0.116. The van der Waals surface area contributed by atoms with E-state index in [0.717, 1.165) is 50.0 Å². The highest BCUT2D eigenvalue weighted by atomic mass is 16.1. The van der Waals surface area contributed by atoms with Gasteiger partial charge in [-0.25, -0.2) is 4.68 Å². The van der Waals surface area contributed by atoms with E-state index >= 15 is 0 Å². The Kier molecular flexibility index (Phi) is 4.16. The van der Waals surface area contributed by atoms with Crippen molar-refractivity contribution in [2.24, 2.45) is 5.92 Å². The molecule has 0 spiro atoms. The monoisotopic (exact) mass is 365 g/mol. The Balaban J connectivity index is 1.38.